The number of nitrogens with zero attached hydrogens (tertiary/aromatic N) is 1. The number of benzene rings is 2. The number of amides is 2. The van der Waals surface area contributed by atoms with Crippen molar-refractivity contribution < 1.29 is 23.1 Å². The lowest BCUT2D eigenvalue weighted by Crippen LogP contribution is -2.31. The topological polar surface area (TPSA) is 71.8 Å². The van der Waals surface area contributed by atoms with Crippen LogP contribution >= 0.6 is 0 Å². The molecule has 3 aromatic rings. The minimum absolute atomic E-state index is 0.00134. The van der Waals surface area contributed by atoms with Crippen molar-refractivity contribution in [3.63, 3.8) is 0 Å². The van der Waals surface area contributed by atoms with E-state index in [0.717, 1.165) is 4.90 Å². The SMILES string of the molecule is COc1cccc(NC2=C(c3ccc(F)cc3)C(=O)N(Cc3ccco3)C2=O)c1. The van der Waals surface area contributed by atoms with Crippen LogP contribution in [-0.4, -0.2) is 23.8 Å². The zero-order valence-corrected chi connectivity index (χ0v) is 15.5. The first-order valence-corrected chi connectivity index (χ1v) is 8.86. The molecule has 0 spiro atoms. The lowest BCUT2D eigenvalue weighted by molar-refractivity contribution is -0.137. The van der Waals surface area contributed by atoms with Gasteiger partial charge < -0.3 is 14.5 Å². The van der Waals surface area contributed by atoms with Gasteiger partial charge in [0.15, 0.2) is 0 Å². The van der Waals surface area contributed by atoms with E-state index in [4.69, 9.17) is 9.15 Å². The highest BCUT2D eigenvalue weighted by Crippen LogP contribution is 2.32. The molecule has 0 radical (unpaired) electrons. The number of nitrogens with one attached hydrogen (secondary N) is 1. The Bertz CT molecular complexity index is 1090. The molecule has 29 heavy (non-hydrogen) atoms. The minimum atomic E-state index is -0.492. The number of hydrogen-bond donors (Lipinski definition) is 1. The Morgan fingerprint density at radius 2 is 1.83 bits per heavy atom. The molecule has 0 aliphatic carbocycles. The van der Waals surface area contributed by atoms with Crippen molar-refractivity contribution in [2.75, 3.05) is 12.4 Å². The molecule has 0 atom stereocenters. The molecule has 1 aliphatic heterocycles. The first kappa shape index (κ1) is 18.5. The summed E-state index contributed by atoms with van der Waals surface area (Å²) in [7, 11) is 1.54. The molecule has 2 amide bonds. The molecular formula is C22H17FN2O4. The lowest BCUT2D eigenvalue weighted by atomic mass is 10.0. The van der Waals surface area contributed by atoms with E-state index in [0.29, 0.717) is 22.8 Å². The molecule has 0 saturated carbocycles. The van der Waals surface area contributed by atoms with Crippen molar-refractivity contribution in [2.24, 2.45) is 0 Å². The number of anilines is 1. The van der Waals surface area contributed by atoms with Crippen LogP contribution in [0.5, 0.6) is 5.75 Å². The summed E-state index contributed by atoms with van der Waals surface area (Å²) in [5, 5.41) is 3.03. The van der Waals surface area contributed by atoms with Gasteiger partial charge in [-0.2, -0.15) is 0 Å². The fourth-order valence-electron chi connectivity index (χ4n) is 3.12. The molecule has 0 unspecified atom stereocenters. The normalized spacial score (nSPS) is 13.9. The van der Waals surface area contributed by atoms with Crippen LogP contribution in [-0.2, 0) is 16.1 Å². The maximum atomic E-state index is 13.4. The Morgan fingerprint density at radius 1 is 1.03 bits per heavy atom. The van der Waals surface area contributed by atoms with Crippen LogP contribution < -0.4 is 10.1 Å². The number of halogens is 1. The average Bonchev–Trinajstić information content (AvgIpc) is 3.32. The van der Waals surface area contributed by atoms with Crippen molar-refractivity contribution in [1.29, 1.82) is 0 Å². The van der Waals surface area contributed by atoms with Gasteiger partial charge in [-0.1, -0.05) is 18.2 Å². The van der Waals surface area contributed by atoms with Gasteiger partial charge in [0.2, 0.25) is 0 Å². The predicted molar refractivity (Wildman–Crippen MR) is 104 cm³/mol. The van der Waals surface area contributed by atoms with Gasteiger partial charge in [-0.05, 0) is 42.0 Å². The number of methoxy groups -OCH3 is 1. The highest BCUT2D eigenvalue weighted by molar-refractivity contribution is 6.36. The molecule has 0 saturated heterocycles. The third-order valence-corrected chi connectivity index (χ3v) is 4.53. The molecule has 0 bridgehead atoms. The molecule has 146 valence electrons. The molecule has 2 aromatic carbocycles. The van der Waals surface area contributed by atoms with Crippen LogP contribution in [0.2, 0.25) is 0 Å². The summed E-state index contributed by atoms with van der Waals surface area (Å²) < 4.78 is 23.9. The third-order valence-electron chi connectivity index (χ3n) is 4.53. The molecule has 4 rings (SSSR count). The summed E-state index contributed by atoms with van der Waals surface area (Å²) >= 11 is 0. The van der Waals surface area contributed by atoms with E-state index in [2.05, 4.69) is 5.32 Å². The number of carbonyl (C=O) groups excluding carboxylic acids is 2. The maximum absolute atomic E-state index is 13.4. The van der Waals surface area contributed by atoms with Gasteiger partial charge in [0.1, 0.15) is 23.0 Å². The molecule has 1 N–H and O–H groups in total. The second kappa shape index (κ2) is 7.63. The van der Waals surface area contributed by atoms with Crippen LogP contribution in [0.25, 0.3) is 5.57 Å². The van der Waals surface area contributed by atoms with Gasteiger partial charge in [0.25, 0.3) is 11.8 Å². The summed E-state index contributed by atoms with van der Waals surface area (Å²) in [6.07, 6.45) is 1.48. The predicted octanol–water partition coefficient (Wildman–Crippen LogP) is 3.82. The quantitative estimate of drug-likeness (QED) is 0.646. The van der Waals surface area contributed by atoms with Crippen LogP contribution in [0.3, 0.4) is 0 Å². The van der Waals surface area contributed by atoms with Gasteiger partial charge in [-0.3, -0.25) is 14.5 Å². The van der Waals surface area contributed by atoms with E-state index >= 15 is 0 Å². The van der Waals surface area contributed by atoms with Gasteiger partial charge in [-0.15, -0.1) is 0 Å². The molecule has 2 heterocycles. The fraction of sp³-hybridized carbons (Fsp3) is 0.0909. The van der Waals surface area contributed by atoms with Gasteiger partial charge in [0, 0.05) is 11.8 Å². The van der Waals surface area contributed by atoms with Crippen LogP contribution in [0, 0.1) is 5.82 Å². The summed E-state index contributed by atoms with van der Waals surface area (Å²) in [6.45, 7) is -0.00134. The first-order chi connectivity index (χ1) is 14.1. The zero-order valence-electron chi connectivity index (χ0n) is 15.5. The summed E-state index contributed by atoms with van der Waals surface area (Å²) in [5.41, 5.74) is 1.31. The molecule has 0 fully saturated rings. The third kappa shape index (κ3) is 3.62. The average molecular weight is 392 g/mol. The van der Waals surface area contributed by atoms with Crippen LogP contribution in [0.15, 0.2) is 77.0 Å². The van der Waals surface area contributed by atoms with Crippen LogP contribution in [0.4, 0.5) is 10.1 Å². The van der Waals surface area contributed by atoms with Crippen molar-refractivity contribution in [2.45, 2.75) is 6.54 Å². The molecule has 6 nitrogen and oxygen atoms in total. The molecular weight excluding hydrogens is 375 g/mol. The number of ether oxygens (including phenoxy) is 1. The Balaban J connectivity index is 1.75. The summed E-state index contributed by atoms with van der Waals surface area (Å²) in [6, 6.07) is 15.8. The lowest BCUT2D eigenvalue weighted by Gasteiger charge is -2.13. The first-order valence-electron chi connectivity index (χ1n) is 8.86. The summed E-state index contributed by atoms with van der Waals surface area (Å²) in [4.78, 5) is 27.3. The van der Waals surface area contributed by atoms with E-state index in [-0.39, 0.29) is 17.8 Å². The van der Waals surface area contributed by atoms with Gasteiger partial charge in [-0.25, -0.2) is 4.39 Å². The van der Waals surface area contributed by atoms with Crippen LogP contribution in [0.1, 0.15) is 11.3 Å². The van der Waals surface area contributed by atoms with E-state index in [1.807, 2.05) is 0 Å². The Morgan fingerprint density at radius 3 is 2.52 bits per heavy atom. The Labute approximate surface area is 166 Å². The standard InChI is InChI=1S/C22H17FN2O4/c1-28-17-5-2-4-16(12-17)24-20-19(14-7-9-15(23)10-8-14)21(26)25(22(20)27)13-18-6-3-11-29-18/h2-12,24H,13H2,1H3. The summed E-state index contributed by atoms with van der Waals surface area (Å²) in [5.74, 6) is -0.325. The number of imide groups is 1. The monoisotopic (exact) mass is 392 g/mol. The van der Waals surface area contributed by atoms with Gasteiger partial charge >= 0.3 is 0 Å². The second-order valence-corrected chi connectivity index (χ2v) is 6.39. The van der Waals surface area contributed by atoms with E-state index in [1.54, 1.807) is 36.4 Å². The number of rotatable bonds is 6. The number of carbonyl (C=O) groups is 2. The number of hydrogen-bond acceptors (Lipinski definition) is 5. The maximum Gasteiger partial charge on any atom is 0.278 e. The Hall–Kier alpha value is -3.87. The van der Waals surface area contributed by atoms with Gasteiger partial charge in [0.05, 0.1) is 25.5 Å². The van der Waals surface area contributed by atoms with E-state index in [9.17, 15) is 14.0 Å². The minimum Gasteiger partial charge on any atom is -0.497 e. The van der Waals surface area contributed by atoms with Crippen molar-refractivity contribution in [1.82, 2.24) is 4.90 Å². The Kier molecular flexibility index (Phi) is 4.87. The highest BCUT2D eigenvalue weighted by Gasteiger charge is 2.39. The van der Waals surface area contributed by atoms with Crippen molar-refractivity contribution >= 4 is 23.1 Å². The zero-order chi connectivity index (χ0) is 20.4. The number of furan rings is 1. The highest BCUT2D eigenvalue weighted by atomic mass is 19.1. The van der Waals surface area contributed by atoms with E-state index < -0.39 is 17.6 Å². The fourth-order valence-corrected chi connectivity index (χ4v) is 3.12. The van der Waals surface area contributed by atoms with Crippen molar-refractivity contribution in [3.05, 3.63) is 89.8 Å². The second-order valence-electron chi connectivity index (χ2n) is 6.39. The molecule has 1 aliphatic rings. The molecule has 1 aromatic heterocycles. The largest absolute Gasteiger partial charge is 0.497 e. The smallest absolute Gasteiger partial charge is 0.278 e. The van der Waals surface area contributed by atoms with Crippen molar-refractivity contribution in [3.8, 4) is 5.75 Å². The van der Waals surface area contributed by atoms with E-state index in [1.165, 1.54) is 37.6 Å². The molecule has 7 heteroatoms.